The monoisotopic (exact) mass is 684 g/mol. The zero-order valence-electron chi connectivity index (χ0n) is 25.7. The summed E-state index contributed by atoms with van der Waals surface area (Å²) in [5.41, 5.74) is 1.59. The van der Waals surface area contributed by atoms with Crippen molar-refractivity contribution in [3.05, 3.63) is 107 Å². The molecule has 6 rings (SSSR count). The van der Waals surface area contributed by atoms with Crippen LogP contribution in [-0.2, 0) is 24.1 Å². The third-order valence-electron chi connectivity index (χ3n) is 7.88. The van der Waals surface area contributed by atoms with Crippen molar-refractivity contribution in [2.45, 2.75) is 25.4 Å². The lowest BCUT2D eigenvalue weighted by Gasteiger charge is -2.28. The van der Waals surface area contributed by atoms with Crippen LogP contribution < -0.4 is 15.4 Å². The number of hydrogen-bond donors (Lipinski definition) is 3. The third kappa shape index (κ3) is 8.41. The van der Waals surface area contributed by atoms with E-state index < -0.39 is 17.8 Å². The molecular weight excluding hydrogens is 652 g/mol. The highest BCUT2D eigenvalue weighted by molar-refractivity contribution is 6.32. The van der Waals surface area contributed by atoms with E-state index in [1.165, 1.54) is 29.2 Å². The second-order valence-corrected chi connectivity index (χ2v) is 11.8. The quantitative estimate of drug-likeness (QED) is 0.131. The maximum absolute atomic E-state index is 14.1. The Bertz CT molecular complexity index is 1870. The number of nitrogens with one attached hydrogen (secondary N) is 2. The van der Waals surface area contributed by atoms with E-state index in [9.17, 15) is 22.7 Å². The number of nitrogens with zero attached hydrogens (tertiary/aromatic N) is 4. The molecule has 0 aliphatic carbocycles. The largest absolute Gasteiger partial charge is 0.487 e. The molecule has 0 saturated carbocycles. The SMILES string of the molecule is O[C@H](CNCc1cn(-c2ccc3ncnc(Nc4ccc(OCc5cccc(F)c5)c(Cl)c4)c3c2)cc1C(F)(F)F)CN1CCOCC1. The first-order chi connectivity index (χ1) is 23.1. The van der Waals surface area contributed by atoms with Gasteiger partial charge >= 0.3 is 6.18 Å². The summed E-state index contributed by atoms with van der Waals surface area (Å²) in [6.07, 6.45) is -1.43. The van der Waals surface area contributed by atoms with Gasteiger partial charge < -0.3 is 29.8 Å². The zero-order chi connectivity index (χ0) is 33.7. The van der Waals surface area contributed by atoms with Crippen LogP contribution in [0.15, 0.2) is 79.4 Å². The van der Waals surface area contributed by atoms with E-state index in [0.717, 1.165) is 6.20 Å². The highest BCUT2D eigenvalue weighted by atomic mass is 35.5. The first kappa shape index (κ1) is 33.6. The number of halogens is 5. The maximum atomic E-state index is 14.1. The van der Waals surface area contributed by atoms with E-state index in [2.05, 4.69) is 25.5 Å². The number of morpholine rings is 1. The molecule has 1 fully saturated rings. The molecule has 0 unspecified atom stereocenters. The average molecular weight is 685 g/mol. The molecule has 3 aromatic carbocycles. The molecule has 0 radical (unpaired) electrons. The second-order valence-electron chi connectivity index (χ2n) is 11.4. The van der Waals surface area contributed by atoms with Gasteiger partial charge in [0.2, 0.25) is 0 Å². The highest BCUT2D eigenvalue weighted by Gasteiger charge is 2.35. The summed E-state index contributed by atoms with van der Waals surface area (Å²) < 4.78 is 68.2. The van der Waals surface area contributed by atoms with Gasteiger partial charge in [-0.2, -0.15) is 13.2 Å². The fraction of sp³-hybridized carbons (Fsp3) is 0.294. The molecule has 1 aliphatic rings. The van der Waals surface area contributed by atoms with Crippen molar-refractivity contribution in [1.29, 1.82) is 0 Å². The van der Waals surface area contributed by atoms with Crippen LogP contribution in [0, 0.1) is 5.82 Å². The first-order valence-corrected chi connectivity index (χ1v) is 15.7. The minimum atomic E-state index is -4.58. The summed E-state index contributed by atoms with van der Waals surface area (Å²) in [7, 11) is 0. The van der Waals surface area contributed by atoms with Gasteiger partial charge in [-0.05, 0) is 59.7 Å². The number of alkyl halides is 3. The van der Waals surface area contributed by atoms with Crippen LogP contribution in [0.4, 0.5) is 29.1 Å². The lowest BCUT2D eigenvalue weighted by Crippen LogP contribution is -2.43. The summed E-state index contributed by atoms with van der Waals surface area (Å²) in [5.74, 6) is 0.473. The average Bonchev–Trinajstić information content (AvgIpc) is 3.50. The molecule has 48 heavy (non-hydrogen) atoms. The zero-order valence-corrected chi connectivity index (χ0v) is 26.4. The molecule has 3 heterocycles. The molecular formula is C34H33ClF4N6O3. The minimum Gasteiger partial charge on any atom is -0.487 e. The summed E-state index contributed by atoms with van der Waals surface area (Å²) in [5, 5.41) is 17.5. The Morgan fingerprint density at radius 2 is 1.85 bits per heavy atom. The molecule has 14 heteroatoms. The van der Waals surface area contributed by atoms with E-state index in [-0.39, 0.29) is 31.1 Å². The fourth-order valence-electron chi connectivity index (χ4n) is 5.49. The van der Waals surface area contributed by atoms with Crippen LogP contribution in [-0.4, -0.2) is 70.0 Å². The molecule has 0 spiro atoms. The molecule has 5 aromatic rings. The van der Waals surface area contributed by atoms with Crippen molar-refractivity contribution in [2.24, 2.45) is 0 Å². The van der Waals surface area contributed by atoms with Crippen molar-refractivity contribution in [3.63, 3.8) is 0 Å². The van der Waals surface area contributed by atoms with Gasteiger partial charge in [0.15, 0.2) is 0 Å². The molecule has 0 amide bonds. The van der Waals surface area contributed by atoms with Gasteiger partial charge in [0.05, 0.1) is 35.4 Å². The number of rotatable bonds is 12. The summed E-state index contributed by atoms with van der Waals surface area (Å²) >= 11 is 6.48. The minimum absolute atomic E-state index is 0.0539. The lowest BCUT2D eigenvalue weighted by atomic mass is 10.2. The highest BCUT2D eigenvalue weighted by Crippen LogP contribution is 2.35. The van der Waals surface area contributed by atoms with Crippen LogP contribution >= 0.6 is 11.6 Å². The number of benzene rings is 3. The molecule has 9 nitrogen and oxygen atoms in total. The Balaban J connectivity index is 1.17. The van der Waals surface area contributed by atoms with Crippen molar-refractivity contribution in [3.8, 4) is 11.4 Å². The van der Waals surface area contributed by atoms with Crippen LogP contribution in [0.1, 0.15) is 16.7 Å². The smallest absolute Gasteiger partial charge is 0.418 e. The molecule has 1 atom stereocenters. The summed E-state index contributed by atoms with van der Waals surface area (Å²) in [6, 6.07) is 16.3. The number of aromatic nitrogens is 3. The first-order valence-electron chi connectivity index (χ1n) is 15.3. The van der Waals surface area contributed by atoms with E-state index in [0.29, 0.717) is 77.3 Å². The van der Waals surface area contributed by atoms with Crippen LogP contribution in [0.25, 0.3) is 16.6 Å². The Kier molecular flexibility index (Phi) is 10.4. The number of fused-ring (bicyclic) bond motifs is 1. The Morgan fingerprint density at radius 1 is 1.02 bits per heavy atom. The van der Waals surface area contributed by atoms with E-state index in [1.54, 1.807) is 48.5 Å². The molecule has 0 bridgehead atoms. The predicted octanol–water partition coefficient (Wildman–Crippen LogP) is 6.34. The van der Waals surface area contributed by atoms with Gasteiger partial charge in [-0.15, -0.1) is 0 Å². The molecule has 1 saturated heterocycles. The maximum Gasteiger partial charge on any atom is 0.418 e. The number of aliphatic hydroxyl groups excluding tert-OH is 1. The topological polar surface area (TPSA) is 96.7 Å². The predicted molar refractivity (Wildman–Crippen MR) is 174 cm³/mol. The van der Waals surface area contributed by atoms with Crippen LogP contribution in [0.3, 0.4) is 0 Å². The van der Waals surface area contributed by atoms with Crippen LogP contribution in [0.5, 0.6) is 5.75 Å². The van der Waals surface area contributed by atoms with Gasteiger partial charge in [0.1, 0.15) is 30.3 Å². The number of aliphatic hydroxyl groups is 1. The van der Waals surface area contributed by atoms with Gasteiger partial charge in [0, 0.05) is 61.9 Å². The van der Waals surface area contributed by atoms with E-state index in [1.807, 2.05) is 0 Å². The van der Waals surface area contributed by atoms with Crippen molar-refractivity contribution >= 4 is 34.0 Å². The van der Waals surface area contributed by atoms with Gasteiger partial charge in [0.25, 0.3) is 0 Å². The standard InChI is InChI=1S/C34H33ClF4N6O3/c35-30-13-25(4-7-32(30)48-20-22-2-1-3-24(36)12-22)43-33-28-14-26(5-6-31(28)41-21-42-33)45-17-23(29(19-45)34(37,38)39)15-40-16-27(46)18-44-8-10-47-11-9-44/h1-7,12-14,17,19,21,27,40,46H,8-11,15-16,18,20H2,(H,41,42,43)/t27-/m1/s1. The second kappa shape index (κ2) is 14.9. The van der Waals surface area contributed by atoms with Gasteiger partial charge in [-0.1, -0.05) is 23.7 Å². The van der Waals surface area contributed by atoms with Gasteiger partial charge in [-0.3, -0.25) is 4.90 Å². The van der Waals surface area contributed by atoms with E-state index in [4.69, 9.17) is 21.1 Å². The van der Waals surface area contributed by atoms with E-state index >= 15 is 0 Å². The Morgan fingerprint density at radius 3 is 2.62 bits per heavy atom. The Labute approximate surface area is 279 Å². The van der Waals surface area contributed by atoms with Crippen molar-refractivity contribution in [1.82, 2.24) is 24.8 Å². The number of β-amino-alcohol motifs (C(OH)–C–C–N with tert-alkyl or cyclic N) is 1. The van der Waals surface area contributed by atoms with Crippen LogP contribution in [0.2, 0.25) is 5.02 Å². The summed E-state index contributed by atoms with van der Waals surface area (Å²) in [4.78, 5) is 10.7. The Hall–Kier alpha value is -4.27. The summed E-state index contributed by atoms with van der Waals surface area (Å²) in [6.45, 7) is 3.23. The lowest BCUT2D eigenvalue weighted by molar-refractivity contribution is -0.138. The normalized spacial score (nSPS) is 14.7. The molecule has 1 aliphatic heterocycles. The molecule has 2 aromatic heterocycles. The van der Waals surface area contributed by atoms with Gasteiger partial charge in [-0.25, -0.2) is 14.4 Å². The fourth-order valence-corrected chi connectivity index (χ4v) is 5.72. The molecule has 3 N–H and O–H groups in total. The van der Waals surface area contributed by atoms with Crippen molar-refractivity contribution in [2.75, 3.05) is 44.7 Å². The third-order valence-corrected chi connectivity index (χ3v) is 8.17. The number of anilines is 2. The number of hydrogen-bond acceptors (Lipinski definition) is 8. The van der Waals surface area contributed by atoms with Crippen molar-refractivity contribution < 1.29 is 32.1 Å². The number of ether oxygens (including phenoxy) is 2. The molecule has 252 valence electrons.